The normalized spacial score (nSPS) is 12.4. The number of hydrogen-bond donors (Lipinski definition) is 2. The monoisotopic (exact) mass is 276 g/mol. The summed E-state index contributed by atoms with van der Waals surface area (Å²) in [5.41, 5.74) is 0.813. The second-order valence-corrected chi connectivity index (χ2v) is 5.59. The summed E-state index contributed by atoms with van der Waals surface area (Å²) in [6.45, 7) is 3.64. The van der Waals surface area contributed by atoms with E-state index in [9.17, 15) is 9.90 Å². The van der Waals surface area contributed by atoms with E-state index in [0.29, 0.717) is 10.0 Å². The van der Waals surface area contributed by atoms with E-state index in [-0.39, 0.29) is 11.8 Å². The molecule has 0 saturated heterocycles. The molecule has 0 bridgehead atoms. The highest BCUT2D eigenvalue weighted by Crippen LogP contribution is 2.29. The van der Waals surface area contributed by atoms with Gasteiger partial charge in [-0.05, 0) is 5.56 Å². The average Bonchev–Trinajstić information content (AvgIpc) is 2.87. The first kappa shape index (κ1) is 13.7. The zero-order chi connectivity index (χ0) is 13.8. The van der Waals surface area contributed by atoms with E-state index < -0.39 is 6.10 Å². The number of thiazole rings is 1. The number of aliphatic hydroxyl groups excluding tert-OH is 1. The van der Waals surface area contributed by atoms with Gasteiger partial charge in [-0.1, -0.05) is 55.5 Å². The number of carbonyl (C=O) groups is 1. The van der Waals surface area contributed by atoms with Crippen LogP contribution in [0.1, 0.15) is 30.4 Å². The molecule has 1 heterocycles. The highest BCUT2D eigenvalue weighted by atomic mass is 32.1. The van der Waals surface area contributed by atoms with Gasteiger partial charge in [0.25, 0.3) is 0 Å². The molecule has 1 atom stereocenters. The number of anilines is 1. The molecule has 1 aromatic heterocycles. The Hall–Kier alpha value is -1.72. The molecule has 1 unspecified atom stereocenters. The van der Waals surface area contributed by atoms with Crippen LogP contribution in [0.3, 0.4) is 0 Å². The first-order valence-corrected chi connectivity index (χ1v) is 6.89. The first-order valence-electron chi connectivity index (χ1n) is 6.07. The van der Waals surface area contributed by atoms with Gasteiger partial charge in [-0.2, -0.15) is 0 Å². The first-order chi connectivity index (χ1) is 9.08. The maximum Gasteiger partial charge on any atom is 0.228 e. The van der Waals surface area contributed by atoms with Gasteiger partial charge < -0.3 is 10.4 Å². The summed E-state index contributed by atoms with van der Waals surface area (Å²) in [7, 11) is 0. The number of nitrogens with zero attached hydrogens (tertiary/aromatic N) is 1. The Morgan fingerprint density at radius 1 is 1.32 bits per heavy atom. The Bertz CT molecular complexity index is 552. The Kier molecular flexibility index (Phi) is 4.29. The van der Waals surface area contributed by atoms with Crippen molar-refractivity contribution in [3.8, 4) is 0 Å². The summed E-state index contributed by atoms with van der Waals surface area (Å²) in [6, 6.07) is 9.37. The summed E-state index contributed by atoms with van der Waals surface area (Å²) in [5, 5.41) is 13.4. The maximum absolute atomic E-state index is 11.6. The second-order valence-electron chi connectivity index (χ2n) is 4.52. The number of benzene rings is 1. The highest BCUT2D eigenvalue weighted by Gasteiger charge is 2.15. The summed E-state index contributed by atoms with van der Waals surface area (Å²) >= 11 is 1.29. The number of hydrogen-bond acceptors (Lipinski definition) is 4. The lowest BCUT2D eigenvalue weighted by Crippen LogP contribution is -2.17. The minimum atomic E-state index is -0.705. The van der Waals surface area contributed by atoms with Crippen LogP contribution in [-0.4, -0.2) is 16.0 Å². The Balaban J connectivity index is 2.11. The molecule has 1 amide bonds. The number of carbonyl (C=O) groups excluding carboxylic acids is 1. The average molecular weight is 276 g/mol. The molecule has 0 spiro atoms. The molecule has 100 valence electrons. The molecule has 2 aromatic rings. The summed E-state index contributed by atoms with van der Waals surface area (Å²) in [4.78, 5) is 16.4. The van der Waals surface area contributed by atoms with E-state index in [1.807, 2.05) is 44.2 Å². The van der Waals surface area contributed by atoms with E-state index in [2.05, 4.69) is 10.3 Å². The zero-order valence-corrected chi connectivity index (χ0v) is 11.6. The van der Waals surface area contributed by atoms with Crippen LogP contribution in [0.4, 0.5) is 5.13 Å². The third-order valence-electron chi connectivity index (χ3n) is 2.66. The minimum Gasteiger partial charge on any atom is -0.383 e. The quantitative estimate of drug-likeness (QED) is 0.902. The standard InChI is InChI=1S/C14H16N2O2S/c1-9(2)13(18)16-14-15-8-11(19-14)12(17)10-6-4-3-5-7-10/h3-9,12,17H,1-2H3,(H,15,16,18). The van der Waals surface area contributed by atoms with Gasteiger partial charge in [-0.15, -0.1) is 0 Å². The number of aliphatic hydroxyl groups is 1. The molecular formula is C14H16N2O2S. The maximum atomic E-state index is 11.6. The fourth-order valence-corrected chi connectivity index (χ4v) is 2.35. The summed E-state index contributed by atoms with van der Waals surface area (Å²) < 4.78 is 0. The number of rotatable bonds is 4. The van der Waals surface area contributed by atoms with Crippen LogP contribution >= 0.6 is 11.3 Å². The lowest BCUT2D eigenvalue weighted by molar-refractivity contribution is -0.118. The van der Waals surface area contributed by atoms with Crippen molar-refractivity contribution in [2.24, 2.45) is 5.92 Å². The Morgan fingerprint density at radius 3 is 2.63 bits per heavy atom. The second kappa shape index (κ2) is 5.95. The van der Waals surface area contributed by atoms with Crippen molar-refractivity contribution in [1.82, 2.24) is 4.98 Å². The van der Waals surface area contributed by atoms with Gasteiger partial charge in [0, 0.05) is 12.1 Å². The van der Waals surface area contributed by atoms with Gasteiger partial charge >= 0.3 is 0 Å². The number of aromatic nitrogens is 1. The number of nitrogens with one attached hydrogen (secondary N) is 1. The van der Waals surface area contributed by atoms with Crippen LogP contribution in [0.2, 0.25) is 0 Å². The van der Waals surface area contributed by atoms with Crippen molar-refractivity contribution < 1.29 is 9.90 Å². The lowest BCUT2D eigenvalue weighted by atomic mass is 10.1. The van der Waals surface area contributed by atoms with Gasteiger partial charge in [0.2, 0.25) is 5.91 Å². The van der Waals surface area contributed by atoms with Gasteiger partial charge in [0.1, 0.15) is 6.10 Å². The molecule has 4 nitrogen and oxygen atoms in total. The van der Waals surface area contributed by atoms with E-state index in [0.717, 1.165) is 5.56 Å². The number of amides is 1. The van der Waals surface area contributed by atoms with E-state index in [4.69, 9.17) is 0 Å². The van der Waals surface area contributed by atoms with Gasteiger partial charge in [0.05, 0.1) is 4.88 Å². The summed E-state index contributed by atoms with van der Waals surface area (Å²) in [6.07, 6.45) is 0.890. The van der Waals surface area contributed by atoms with Crippen LogP contribution in [0, 0.1) is 5.92 Å². The zero-order valence-electron chi connectivity index (χ0n) is 10.8. The van der Waals surface area contributed by atoms with Crippen LogP contribution in [0.15, 0.2) is 36.5 Å². The van der Waals surface area contributed by atoms with Crippen LogP contribution in [-0.2, 0) is 4.79 Å². The molecule has 0 fully saturated rings. The van der Waals surface area contributed by atoms with Crippen molar-refractivity contribution in [3.05, 3.63) is 47.0 Å². The van der Waals surface area contributed by atoms with Crippen molar-refractivity contribution in [2.75, 3.05) is 5.32 Å². The topological polar surface area (TPSA) is 62.2 Å². The van der Waals surface area contributed by atoms with Crippen LogP contribution in [0.25, 0.3) is 0 Å². The fraction of sp³-hybridized carbons (Fsp3) is 0.286. The summed E-state index contributed by atoms with van der Waals surface area (Å²) in [5.74, 6) is -0.165. The third-order valence-corrected chi connectivity index (χ3v) is 3.63. The largest absolute Gasteiger partial charge is 0.383 e. The van der Waals surface area contributed by atoms with E-state index in [1.54, 1.807) is 6.20 Å². The van der Waals surface area contributed by atoms with Crippen LogP contribution < -0.4 is 5.32 Å². The smallest absolute Gasteiger partial charge is 0.228 e. The van der Waals surface area contributed by atoms with Crippen LogP contribution in [0.5, 0.6) is 0 Å². The lowest BCUT2D eigenvalue weighted by Gasteiger charge is -2.07. The van der Waals surface area contributed by atoms with Crippen molar-refractivity contribution in [1.29, 1.82) is 0 Å². The molecule has 0 saturated carbocycles. The molecule has 1 aromatic carbocycles. The van der Waals surface area contributed by atoms with E-state index in [1.165, 1.54) is 11.3 Å². The van der Waals surface area contributed by atoms with Crippen molar-refractivity contribution in [3.63, 3.8) is 0 Å². The third kappa shape index (κ3) is 3.39. The molecule has 0 aliphatic rings. The fourth-order valence-electron chi connectivity index (χ4n) is 1.52. The molecule has 0 radical (unpaired) electrons. The predicted octanol–water partition coefficient (Wildman–Crippen LogP) is 2.82. The molecule has 2 rings (SSSR count). The molecular weight excluding hydrogens is 260 g/mol. The van der Waals surface area contributed by atoms with Crippen molar-refractivity contribution in [2.45, 2.75) is 20.0 Å². The Morgan fingerprint density at radius 2 is 2.00 bits per heavy atom. The Labute approximate surface area is 116 Å². The SMILES string of the molecule is CC(C)C(=O)Nc1ncc(C(O)c2ccccc2)s1. The highest BCUT2D eigenvalue weighted by molar-refractivity contribution is 7.15. The van der Waals surface area contributed by atoms with Crippen molar-refractivity contribution >= 4 is 22.4 Å². The van der Waals surface area contributed by atoms with E-state index >= 15 is 0 Å². The minimum absolute atomic E-state index is 0.0740. The predicted molar refractivity (Wildman–Crippen MR) is 76.1 cm³/mol. The molecule has 0 aliphatic heterocycles. The molecule has 19 heavy (non-hydrogen) atoms. The molecule has 0 aliphatic carbocycles. The molecule has 2 N–H and O–H groups in total. The van der Waals surface area contributed by atoms with Gasteiger partial charge in [-0.25, -0.2) is 4.98 Å². The van der Waals surface area contributed by atoms with Gasteiger partial charge in [0.15, 0.2) is 5.13 Å². The van der Waals surface area contributed by atoms with Gasteiger partial charge in [-0.3, -0.25) is 4.79 Å². The molecule has 5 heteroatoms.